The third-order valence-electron chi connectivity index (χ3n) is 3.09. The molecule has 0 aliphatic rings. The third kappa shape index (κ3) is 1.41. The van der Waals surface area contributed by atoms with Gasteiger partial charge in [-0.25, -0.2) is 0 Å². The minimum Gasteiger partial charge on any atom is -0.398 e. The van der Waals surface area contributed by atoms with E-state index in [0.29, 0.717) is 0 Å². The molecule has 17 heavy (non-hydrogen) atoms. The van der Waals surface area contributed by atoms with Gasteiger partial charge in [-0.05, 0) is 24.6 Å². The lowest BCUT2D eigenvalue weighted by Crippen LogP contribution is -1.89. The molecule has 0 saturated heterocycles. The van der Waals surface area contributed by atoms with E-state index in [1.807, 2.05) is 37.3 Å². The Labute approximate surface area is 99.7 Å². The van der Waals surface area contributed by atoms with Gasteiger partial charge in [0.15, 0.2) is 0 Å². The molecule has 2 aromatic carbocycles. The highest BCUT2D eigenvalue weighted by Crippen LogP contribution is 2.32. The molecule has 0 atom stereocenters. The van der Waals surface area contributed by atoms with Crippen LogP contribution >= 0.6 is 0 Å². The van der Waals surface area contributed by atoms with E-state index in [4.69, 9.17) is 5.73 Å². The summed E-state index contributed by atoms with van der Waals surface area (Å²) in [5.41, 5.74) is 10.4. The van der Waals surface area contributed by atoms with Crippen LogP contribution in [-0.4, -0.2) is 4.98 Å². The molecule has 0 aliphatic heterocycles. The van der Waals surface area contributed by atoms with Gasteiger partial charge >= 0.3 is 0 Å². The average molecular weight is 222 g/mol. The van der Waals surface area contributed by atoms with Gasteiger partial charge in [0.05, 0.1) is 0 Å². The molecule has 0 aliphatic carbocycles. The van der Waals surface area contributed by atoms with Gasteiger partial charge in [0.1, 0.15) is 0 Å². The van der Waals surface area contributed by atoms with Crippen LogP contribution < -0.4 is 5.73 Å². The van der Waals surface area contributed by atoms with Gasteiger partial charge in [0, 0.05) is 27.5 Å². The first-order valence-corrected chi connectivity index (χ1v) is 5.73. The number of para-hydroxylation sites is 1. The number of hydrogen-bond acceptors (Lipinski definition) is 1. The number of fused-ring (bicyclic) bond motifs is 3. The van der Waals surface area contributed by atoms with E-state index >= 15 is 0 Å². The molecular weight excluding hydrogens is 208 g/mol. The quantitative estimate of drug-likeness (QED) is 0.602. The molecule has 3 N–H and O–H groups in total. The molecule has 3 rings (SSSR count). The number of nitrogens with two attached hydrogens (primary N) is 1. The summed E-state index contributed by atoms with van der Waals surface area (Å²) in [5.74, 6) is 0. The van der Waals surface area contributed by atoms with Crippen LogP contribution in [0.1, 0.15) is 12.5 Å². The molecular formula is C15H14N2. The molecule has 0 spiro atoms. The van der Waals surface area contributed by atoms with Gasteiger partial charge < -0.3 is 10.7 Å². The highest BCUT2D eigenvalue weighted by molar-refractivity contribution is 6.14. The zero-order chi connectivity index (χ0) is 11.8. The Kier molecular flexibility index (Phi) is 2.15. The average Bonchev–Trinajstić information content (AvgIpc) is 2.72. The fourth-order valence-electron chi connectivity index (χ4n) is 2.31. The van der Waals surface area contributed by atoms with Crippen LogP contribution in [-0.2, 0) is 0 Å². The summed E-state index contributed by atoms with van der Waals surface area (Å²) in [6.07, 6.45) is 4.04. The highest BCUT2D eigenvalue weighted by atomic mass is 14.7. The molecule has 0 bridgehead atoms. The lowest BCUT2D eigenvalue weighted by molar-refractivity contribution is 1.54. The van der Waals surface area contributed by atoms with Crippen LogP contribution in [0.2, 0.25) is 0 Å². The predicted octanol–water partition coefficient (Wildman–Crippen LogP) is 3.94. The van der Waals surface area contributed by atoms with Crippen molar-refractivity contribution in [1.82, 2.24) is 4.98 Å². The van der Waals surface area contributed by atoms with Crippen LogP contribution in [0.3, 0.4) is 0 Å². The number of aromatic nitrogens is 1. The summed E-state index contributed by atoms with van der Waals surface area (Å²) in [4.78, 5) is 3.38. The second kappa shape index (κ2) is 3.67. The first-order valence-electron chi connectivity index (χ1n) is 5.73. The lowest BCUT2D eigenvalue weighted by Gasteiger charge is -2.02. The Bertz CT molecular complexity index is 720. The number of rotatable bonds is 1. The molecule has 2 nitrogen and oxygen atoms in total. The van der Waals surface area contributed by atoms with Crippen molar-refractivity contribution in [2.45, 2.75) is 6.92 Å². The normalized spacial score (nSPS) is 11.8. The Morgan fingerprint density at radius 2 is 1.88 bits per heavy atom. The molecule has 1 aromatic heterocycles. The summed E-state index contributed by atoms with van der Waals surface area (Å²) >= 11 is 0. The van der Waals surface area contributed by atoms with Crippen molar-refractivity contribution in [2.24, 2.45) is 0 Å². The minimum atomic E-state index is 0.845. The first kappa shape index (κ1) is 9.97. The molecule has 0 fully saturated rings. The Balaban J connectivity index is 2.48. The maximum Gasteiger partial charge on any atom is 0.0489 e. The van der Waals surface area contributed by atoms with E-state index in [2.05, 4.69) is 23.2 Å². The topological polar surface area (TPSA) is 41.8 Å². The van der Waals surface area contributed by atoms with Gasteiger partial charge in [0.2, 0.25) is 0 Å². The van der Waals surface area contributed by atoms with Crippen LogP contribution in [0, 0.1) is 0 Å². The smallest absolute Gasteiger partial charge is 0.0489 e. The number of aromatic amines is 1. The van der Waals surface area contributed by atoms with Crippen molar-refractivity contribution in [1.29, 1.82) is 0 Å². The van der Waals surface area contributed by atoms with Crippen molar-refractivity contribution in [2.75, 3.05) is 5.73 Å². The van der Waals surface area contributed by atoms with Crippen LogP contribution in [0.4, 0.5) is 5.69 Å². The molecule has 0 unspecified atom stereocenters. The Morgan fingerprint density at radius 3 is 2.71 bits per heavy atom. The summed E-state index contributed by atoms with van der Waals surface area (Å²) in [6, 6.07) is 12.4. The molecule has 1 heterocycles. The largest absolute Gasteiger partial charge is 0.398 e. The van der Waals surface area contributed by atoms with Crippen LogP contribution in [0.15, 0.2) is 42.5 Å². The van der Waals surface area contributed by atoms with Gasteiger partial charge in [-0.3, -0.25) is 0 Å². The first-order chi connectivity index (χ1) is 8.31. The second-order valence-electron chi connectivity index (χ2n) is 4.16. The predicted molar refractivity (Wildman–Crippen MR) is 74.9 cm³/mol. The monoisotopic (exact) mass is 222 g/mol. The maximum atomic E-state index is 6.24. The van der Waals surface area contributed by atoms with Crippen molar-refractivity contribution in [3.8, 4) is 0 Å². The molecule has 0 amide bonds. The molecule has 2 heteroatoms. The molecule has 84 valence electrons. The Morgan fingerprint density at radius 1 is 1.06 bits per heavy atom. The van der Waals surface area contributed by atoms with Gasteiger partial charge in [-0.1, -0.05) is 36.4 Å². The number of hydrogen-bond donors (Lipinski definition) is 2. The minimum absolute atomic E-state index is 0.845. The molecule has 0 saturated carbocycles. The number of allylic oxidation sites excluding steroid dienone is 1. The fraction of sp³-hybridized carbons (Fsp3) is 0.0667. The van der Waals surface area contributed by atoms with Crippen molar-refractivity contribution >= 4 is 33.6 Å². The van der Waals surface area contributed by atoms with Crippen molar-refractivity contribution < 1.29 is 0 Å². The fourth-order valence-corrected chi connectivity index (χ4v) is 2.31. The number of nitrogen functional groups attached to an aromatic ring is 1. The summed E-state index contributed by atoms with van der Waals surface area (Å²) in [6.45, 7) is 2.00. The van der Waals surface area contributed by atoms with E-state index in [1.54, 1.807) is 0 Å². The summed E-state index contributed by atoms with van der Waals surface area (Å²) in [5, 5.41) is 2.31. The van der Waals surface area contributed by atoms with E-state index in [-0.39, 0.29) is 0 Å². The van der Waals surface area contributed by atoms with E-state index < -0.39 is 0 Å². The van der Waals surface area contributed by atoms with E-state index in [0.717, 1.165) is 27.7 Å². The highest BCUT2D eigenvalue weighted by Gasteiger charge is 2.08. The number of nitrogens with one attached hydrogen (secondary N) is 1. The van der Waals surface area contributed by atoms with Crippen LogP contribution in [0.25, 0.3) is 27.9 Å². The number of benzene rings is 2. The second-order valence-corrected chi connectivity index (χ2v) is 4.16. The third-order valence-corrected chi connectivity index (χ3v) is 3.09. The van der Waals surface area contributed by atoms with Crippen molar-refractivity contribution in [3.63, 3.8) is 0 Å². The maximum absolute atomic E-state index is 6.24. The summed E-state index contributed by atoms with van der Waals surface area (Å²) < 4.78 is 0. The van der Waals surface area contributed by atoms with Gasteiger partial charge in [-0.15, -0.1) is 0 Å². The number of anilines is 1. The Hall–Kier alpha value is -2.22. The van der Waals surface area contributed by atoms with Gasteiger partial charge in [0.25, 0.3) is 0 Å². The van der Waals surface area contributed by atoms with Crippen molar-refractivity contribution in [3.05, 3.63) is 48.0 Å². The van der Waals surface area contributed by atoms with Crippen LogP contribution in [0.5, 0.6) is 0 Å². The lowest BCUT2D eigenvalue weighted by atomic mass is 10.1. The standard InChI is InChI=1S/C15H14N2/c1-2-5-10-8-9-13-14(15(10)16)11-6-3-4-7-12(11)17-13/h2-9,17H,16H2,1H3/b5-2-. The summed E-state index contributed by atoms with van der Waals surface area (Å²) in [7, 11) is 0. The zero-order valence-electron chi connectivity index (χ0n) is 9.70. The molecule has 0 radical (unpaired) electrons. The number of H-pyrrole nitrogens is 1. The van der Waals surface area contributed by atoms with E-state index in [9.17, 15) is 0 Å². The van der Waals surface area contributed by atoms with Gasteiger partial charge in [-0.2, -0.15) is 0 Å². The SMILES string of the molecule is C/C=C\c1ccc2[nH]c3ccccc3c2c1N. The zero-order valence-corrected chi connectivity index (χ0v) is 9.70. The molecule has 3 aromatic rings. The van der Waals surface area contributed by atoms with E-state index in [1.165, 1.54) is 5.39 Å².